The number of rotatable bonds is 2. The highest BCUT2D eigenvalue weighted by Crippen LogP contribution is 2.31. The molecule has 0 N–H and O–H groups in total. The Morgan fingerprint density at radius 1 is 1.40 bits per heavy atom. The number of alkyl halides is 3. The maximum absolute atomic E-state index is 13.8. The van der Waals surface area contributed by atoms with Crippen LogP contribution in [0, 0.1) is 5.82 Å². The summed E-state index contributed by atoms with van der Waals surface area (Å²) >= 11 is 0. The third-order valence-corrected chi connectivity index (χ3v) is 2.84. The average molecular weight is 292 g/mol. The molecule has 8 heteroatoms. The minimum absolute atomic E-state index is 0.166. The molecule has 2 rings (SSSR count). The molecule has 0 aromatic heterocycles. The largest absolute Gasteiger partial charge is 0.494 e. The highest BCUT2D eigenvalue weighted by molar-refractivity contribution is 6.15. The van der Waals surface area contributed by atoms with E-state index in [1.54, 1.807) is 0 Å². The van der Waals surface area contributed by atoms with Gasteiger partial charge in [0.25, 0.3) is 5.78 Å². The summed E-state index contributed by atoms with van der Waals surface area (Å²) in [6.07, 6.45) is -7.47. The lowest BCUT2D eigenvalue weighted by Gasteiger charge is -2.24. The van der Waals surface area contributed by atoms with Gasteiger partial charge in [0.15, 0.2) is 23.5 Å². The molecule has 1 atom stereocenters. The third-order valence-electron chi connectivity index (χ3n) is 2.84. The number of hydrogen-bond acceptors (Lipinski definition) is 4. The molecule has 20 heavy (non-hydrogen) atoms. The first kappa shape index (κ1) is 14.4. The smallest absolute Gasteiger partial charge is 0.453 e. The monoisotopic (exact) mass is 292 g/mol. The Balaban J connectivity index is 2.41. The van der Waals surface area contributed by atoms with Crippen molar-refractivity contribution in [2.75, 3.05) is 7.11 Å². The van der Waals surface area contributed by atoms with E-state index in [1.165, 1.54) is 7.11 Å². The quantitative estimate of drug-likeness (QED) is 0.618. The summed E-state index contributed by atoms with van der Waals surface area (Å²) in [6.45, 7) is -0.614. The molecule has 0 spiro atoms. The first-order valence-electron chi connectivity index (χ1n) is 5.39. The summed E-state index contributed by atoms with van der Waals surface area (Å²) in [6, 6.07) is 2.21. The van der Waals surface area contributed by atoms with Gasteiger partial charge in [0.1, 0.15) is 0 Å². The summed E-state index contributed by atoms with van der Waals surface area (Å²) in [4.78, 5) is 22.9. The van der Waals surface area contributed by atoms with Crippen molar-refractivity contribution in [3.05, 3.63) is 29.1 Å². The zero-order chi connectivity index (χ0) is 15.1. The average Bonchev–Trinajstić information content (AvgIpc) is 2.38. The molecule has 4 nitrogen and oxygen atoms in total. The predicted octanol–water partition coefficient (Wildman–Crippen LogP) is 2.05. The van der Waals surface area contributed by atoms with Crippen LogP contribution in [0.4, 0.5) is 17.6 Å². The van der Waals surface area contributed by atoms with Crippen molar-refractivity contribution >= 4 is 11.6 Å². The third kappa shape index (κ3) is 2.26. The zero-order valence-electron chi connectivity index (χ0n) is 10.1. The summed E-state index contributed by atoms with van der Waals surface area (Å²) in [5.74, 6) is -4.57. The lowest BCUT2D eigenvalue weighted by atomic mass is 9.94. The van der Waals surface area contributed by atoms with Crippen molar-refractivity contribution in [1.82, 2.24) is 0 Å². The number of ketones is 2. The molecule has 0 amide bonds. The molecule has 0 saturated carbocycles. The van der Waals surface area contributed by atoms with Crippen molar-refractivity contribution in [2.45, 2.75) is 18.9 Å². The molecule has 1 aliphatic rings. The van der Waals surface area contributed by atoms with E-state index in [0.717, 1.165) is 12.1 Å². The molecule has 0 bridgehead atoms. The van der Waals surface area contributed by atoms with Crippen LogP contribution in [-0.2, 0) is 16.1 Å². The van der Waals surface area contributed by atoms with E-state index in [-0.39, 0.29) is 16.9 Å². The van der Waals surface area contributed by atoms with Crippen molar-refractivity contribution in [3.63, 3.8) is 0 Å². The maximum Gasteiger partial charge on any atom is 0.453 e. The van der Waals surface area contributed by atoms with Gasteiger partial charge in [-0.15, -0.1) is 0 Å². The highest BCUT2D eigenvalue weighted by Gasteiger charge is 2.49. The molecule has 1 heterocycles. The van der Waals surface area contributed by atoms with E-state index >= 15 is 0 Å². The molecule has 0 radical (unpaired) electrons. The Kier molecular flexibility index (Phi) is 3.51. The number of fused-ring (bicyclic) bond motifs is 1. The number of carbonyl (C=O) groups is 2. The molecule has 1 aromatic rings. The van der Waals surface area contributed by atoms with Crippen molar-refractivity contribution in [2.24, 2.45) is 0 Å². The molecule has 0 saturated heterocycles. The van der Waals surface area contributed by atoms with Gasteiger partial charge in [-0.1, -0.05) is 0 Å². The number of hydrogen-bond donors (Lipinski definition) is 0. The molecule has 108 valence electrons. The van der Waals surface area contributed by atoms with Crippen LogP contribution in [-0.4, -0.2) is 31.0 Å². The molecule has 0 fully saturated rings. The van der Waals surface area contributed by atoms with Crippen LogP contribution >= 0.6 is 0 Å². The number of halogens is 4. The Bertz CT molecular complexity index is 580. The Morgan fingerprint density at radius 2 is 2.05 bits per heavy atom. The minimum atomic E-state index is -5.19. The number of Topliss-reactive ketones (excluding diaryl/α,β-unsaturated/α-hetero) is 2. The second-order valence-electron chi connectivity index (χ2n) is 4.03. The fourth-order valence-corrected chi connectivity index (χ4v) is 1.86. The van der Waals surface area contributed by atoms with Gasteiger partial charge in [-0.05, 0) is 12.1 Å². The SMILES string of the molecule is COc1ccc2c(c1F)COC(C(=O)C(F)(F)F)C2=O. The molecule has 1 aliphatic heterocycles. The van der Waals surface area contributed by atoms with Gasteiger partial charge >= 0.3 is 6.18 Å². The van der Waals surface area contributed by atoms with E-state index in [9.17, 15) is 27.2 Å². The standard InChI is InChI=1S/C12H8F4O4/c1-19-7-3-2-5-6(8(7)13)4-20-10(9(5)17)11(18)12(14,15)16/h2-3,10H,4H2,1H3. The van der Waals surface area contributed by atoms with Crippen LogP contribution in [0.5, 0.6) is 5.75 Å². The molecular weight excluding hydrogens is 284 g/mol. The van der Waals surface area contributed by atoms with E-state index in [4.69, 9.17) is 0 Å². The second-order valence-corrected chi connectivity index (χ2v) is 4.03. The van der Waals surface area contributed by atoms with Crippen molar-refractivity contribution in [3.8, 4) is 5.75 Å². The van der Waals surface area contributed by atoms with E-state index in [1.807, 2.05) is 0 Å². The number of benzene rings is 1. The Labute approximate surface area is 110 Å². The maximum atomic E-state index is 13.8. The van der Waals surface area contributed by atoms with Gasteiger partial charge in [-0.25, -0.2) is 4.39 Å². The first-order chi connectivity index (χ1) is 9.27. The van der Waals surface area contributed by atoms with Crippen LogP contribution in [0.3, 0.4) is 0 Å². The zero-order valence-corrected chi connectivity index (χ0v) is 10.1. The highest BCUT2D eigenvalue weighted by atomic mass is 19.4. The lowest BCUT2D eigenvalue weighted by molar-refractivity contribution is -0.180. The fraction of sp³-hybridized carbons (Fsp3) is 0.333. The van der Waals surface area contributed by atoms with Gasteiger partial charge in [0.05, 0.1) is 13.7 Å². The number of carbonyl (C=O) groups excluding carboxylic acids is 2. The van der Waals surface area contributed by atoms with E-state index in [0.29, 0.717) is 0 Å². The van der Waals surface area contributed by atoms with Gasteiger partial charge in [0, 0.05) is 11.1 Å². The fourth-order valence-electron chi connectivity index (χ4n) is 1.86. The van der Waals surface area contributed by atoms with E-state index in [2.05, 4.69) is 9.47 Å². The van der Waals surface area contributed by atoms with Crippen LogP contribution in [0.15, 0.2) is 12.1 Å². The van der Waals surface area contributed by atoms with Crippen LogP contribution in [0.2, 0.25) is 0 Å². The van der Waals surface area contributed by atoms with Crippen molar-refractivity contribution in [1.29, 1.82) is 0 Å². The Hall–Kier alpha value is -1.96. The van der Waals surface area contributed by atoms with Crippen LogP contribution in [0.1, 0.15) is 15.9 Å². The van der Waals surface area contributed by atoms with Crippen molar-refractivity contribution < 1.29 is 36.6 Å². The molecule has 0 aliphatic carbocycles. The topological polar surface area (TPSA) is 52.6 Å². The van der Waals surface area contributed by atoms with Gasteiger partial charge in [-0.3, -0.25) is 9.59 Å². The van der Waals surface area contributed by atoms with Gasteiger partial charge in [-0.2, -0.15) is 13.2 Å². The summed E-state index contributed by atoms with van der Waals surface area (Å²) in [5, 5.41) is 0. The summed E-state index contributed by atoms with van der Waals surface area (Å²) < 4.78 is 60.0. The number of methoxy groups -OCH3 is 1. The summed E-state index contributed by atoms with van der Waals surface area (Å²) in [7, 11) is 1.20. The molecule has 1 unspecified atom stereocenters. The predicted molar refractivity (Wildman–Crippen MR) is 56.9 cm³/mol. The van der Waals surface area contributed by atoms with Gasteiger partial charge in [0.2, 0.25) is 0 Å². The van der Waals surface area contributed by atoms with Crippen LogP contribution < -0.4 is 4.74 Å². The first-order valence-corrected chi connectivity index (χ1v) is 5.39. The number of ether oxygens (including phenoxy) is 2. The van der Waals surface area contributed by atoms with Gasteiger partial charge < -0.3 is 9.47 Å². The molecule has 1 aromatic carbocycles. The van der Waals surface area contributed by atoms with Crippen LogP contribution in [0.25, 0.3) is 0 Å². The lowest BCUT2D eigenvalue weighted by Crippen LogP contribution is -2.44. The normalized spacial score (nSPS) is 18.6. The van der Waals surface area contributed by atoms with E-state index < -0.39 is 36.3 Å². The molecular formula is C12H8F4O4. The Morgan fingerprint density at radius 3 is 2.60 bits per heavy atom. The second kappa shape index (κ2) is 4.86. The summed E-state index contributed by atoms with van der Waals surface area (Å²) in [5.41, 5.74) is -0.530. The minimum Gasteiger partial charge on any atom is -0.494 e.